The van der Waals surface area contributed by atoms with Crippen LogP contribution >= 0.6 is 0 Å². The minimum Gasteiger partial charge on any atom is -0.452 e. The fourth-order valence-electron chi connectivity index (χ4n) is 3.41. The van der Waals surface area contributed by atoms with E-state index in [1.807, 2.05) is 67.6 Å². The number of ether oxygens (including phenoxy) is 1. The van der Waals surface area contributed by atoms with E-state index >= 15 is 0 Å². The molecular formula is C24H21N3O4. The summed E-state index contributed by atoms with van der Waals surface area (Å²) in [6, 6.07) is 20.3. The van der Waals surface area contributed by atoms with Gasteiger partial charge < -0.3 is 14.2 Å². The Kier molecular flexibility index (Phi) is 5.75. The van der Waals surface area contributed by atoms with Crippen LogP contribution in [0.5, 0.6) is 0 Å². The molecule has 0 fully saturated rings. The van der Waals surface area contributed by atoms with Crippen LogP contribution in [-0.2, 0) is 9.53 Å². The number of anilines is 1. The van der Waals surface area contributed by atoms with Crippen LogP contribution in [0.2, 0.25) is 0 Å². The highest BCUT2D eigenvalue weighted by Gasteiger charge is 2.22. The second kappa shape index (κ2) is 8.79. The number of carbonyl (C=O) groups is 2. The number of carbonyl (C=O) groups excluding carboxylic acids is 2. The van der Waals surface area contributed by atoms with Gasteiger partial charge in [-0.3, -0.25) is 4.79 Å². The monoisotopic (exact) mass is 415 g/mol. The van der Waals surface area contributed by atoms with E-state index in [-0.39, 0.29) is 23.8 Å². The second-order valence-corrected chi connectivity index (χ2v) is 6.92. The number of hydrogen-bond donors (Lipinski definition) is 0. The Hall–Kier alpha value is -4.00. The molecule has 0 aliphatic rings. The molecule has 0 atom stereocenters. The van der Waals surface area contributed by atoms with Gasteiger partial charge in [-0.25, -0.2) is 9.78 Å². The Morgan fingerprint density at radius 3 is 2.39 bits per heavy atom. The number of amides is 1. The van der Waals surface area contributed by atoms with Crippen LogP contribution in [0.15, 0.2) is 71.3 Å². The SMILES string of the molecule is CCN(C(=O)COC(=O)c1cc(-c2ccccc2)nc2onc(C)c12)c1ccccc1. The van der Waals surface area contributed by atoms with Crippen LogP contribution in [0.1, 0.15) is 23.0 Å². The third-order valence-corrected chi connectivity index (χ3v) is 4.92. The largest absolute Gasteiger partial charge is 0.452 e. The summed E-state index contributed by atoms with van der Waals surface area (Å²) in [4.78, 5) is 31.7. The zero-order chi connectivity index (χ0) is 21.8. The maximum atomic E-state index is 13.0. The van der Waals surface area contributed by atoms with Gasteiger partial charge in [0.05, 0.1) is 22.3 Å². The molecule has 7 nitrogen and oxygen atoms in total. The van der Waals surface area contributed by atoms with E-state index in [0.717, 1.165) is 11.3 Å². The number of nitrogens with zero attached hydrogens (tertiary/aromatic N) is 3. The van der Waals surface area contributed by atoms with Gasteiger partial charge in [-0.2, -0.15) is 0 Å². The number of aryl methyl sites for hydroxylation is 1. The van der Waals surface area contributed by atoms with Crippen molar-refractivity contribution < 1.29 is 18.8 Å². The summed E-state index contributed by atoms with van der Waals surface area (Å²) >= 11 is 0. The molecule has 1 amide bonds. The van der Waals surface area contributed by atoms with E-state index in [4.69, 9.17) is 9.26 Å². The summed E-state index contributed by atoms with van der Waals surface area (Å²) in [5.74, 6) is -0.939. The molecule has 2 heterocycles. The van der Waals surface area contributed by atoms with Gasteiger partial charge in [0.15, 0.2) is 6.61 Å². The summed E-state index contributed by atoms with van der Waals surface area (Å²) in [7, 11) is 0. The number of benzene rings is 2. The molecule has 0 saturated heterocycles. The number of para-hydroxylation sites is 1. The molecule has 2 aromatic carbocycles. The number of hydrogen-bond acceptors (Lipinski definition) is 6. The first-order valence-corrected chi connectivity index (χ1v) is 9.93. The van der Waals surface area contributed by atoms with Crippen LogP contribution in [0.4, 0.5) is 5.69 Å². The quantitative estimate of drug-likeness (QED) is 0.434. The zero-order valence-corrected chi connectivity index (χ0v) is 17.2. The van der Waals surface area contributed by atoms with Crippen molar-refractivity contribution in [3.05, 3.63) is 78.0 Å². The van der Waals surface area contributed by atoms with E-state index in [0.29, 0.717) is 23.3 Å². The van der Waals surface area contributed by atoms with Crippen molar-refractivity contribution in [3.8, 4) is 11.3 Å². The predicted molar refractivity (Wildman–Crippen MR) is 117 cm³/mol. The molecule has 7 heteroatoms. The van der Waals surface area contributed by atoms with Crippen molar-refractivity contribution in [2.45, 2.75) is 13.8 Å². The molecule has 0 spiro atoms. The van der Waals surface area contributed by atoms with Crippen LogP contribution in [0.3, 0.4) is 0 Å². The van der Waals surface area contributed by atoms with Crippen LogP contribution in [0.25, 0.3) is 22.4 Å². The summed E-state index contributed by atoms with van der Waals surface area (Å²) in [5.41, 5.74) is 3.17. The standard InChI is InChI=1S/C24H21N3O4/c1-3-27(18-12-8-5-9-13-18)21(28)15-30-24(29)19-14-20(17-10-6-4-7-11-17)25-23-22(19)16(2)26-31-23/h4-14H,3,15H2,1-2H3. The number of pyridine rings is 1. The summed E-state index contributed by atoms with van der Waals surface area (Å²) in [6.07, 6.45) is 0. The molecule has 0 aliphatic heterocycles. The molecule has 0 saturated carbocycles. The van der Waals surface area contributed by atoms with Crippen molar-refractivity contribution in [1.82, 2.24) is 10.1 Å². The van der Waals surface area contributed by atoms with Gasteiger partial charge in [0.1, 0.15) is 0 Å². The van der Waals surface area contributed by atoms with Gasteiger partial charge in [0.25, 0.3) is 11.6 Å². The molecule has 4 aromatic rings. The first-order valence-electron chi connectivity index (χ1n) is 9.93. The minimum absolute atomic E-state index is 0.247. The van der Waals surface area contributed by atoms with E-state index in [1.54, 1.807) is 17.9 Å². The Labute approximate surface area is 179 Å². The topological polar surface area (TPSA) is 85.5 Å². The lowest BCUT2D eigenvalue weighted by Crippen LogP contribution is -2.34. The van der Waals surface area contributed by atoms with Gasteiger partial charge >= 0.3 is 5.97 Å². The number of likely N-dealkylation sites (N-methyl/N-ethyl adjacent to an activating group) is 1. The molecule has 0 aliphatic carbocycles. The fraction of sp³-hybridized carbons (Fsp3) is 0.167. The smallest absolute Gasteiger partial charge is 0.339 e. The number of esters is 1. The molecule has 156 valence electrons. The summed E-state index contributed by atoms with van der Waals surface area (Å²) in [5, 5.41) is 4.41. The maximum Gasteiger partial charge on any atom is 0.339 e. The van der Waals surface area contributed by atoms with Crippen molar-refractivity contribution in [1.29, 1.82) is 0 Å². The summed E-state index contributed by atoms with van der Waals surface area (Å²) < 4.78 is 10.7. The van der Waals surface area contributed by atoms with Crippen LogP contribution in [-0.4, -0.2) is 35.2 Å². The molecule has 0 N–H and O–H groups in total. The van der Waals surface area contributed by atoms with Crippen LogP contribution in [0, 0.1) is 6.92 Å². The highest BCUT2D eigenvalue weighted by molar-refractivity contribution is 6.05. The van der Waals surface area contributed by atoms with Crippen molar-refractivity contribution in [2.24, 2.45) is 0 Å². The Morgan fingerprint density at radius 1 is 1.03 bits per heavy atom. The maximum absolute atomic E-state index is 13.0. The molecule has 0 bridgehead atoms. The van der Waals surface area contributed by atoms with E-state index in [9.17, 15) is 9.59 Å². The van der Waals surface area contributed by atoms with Gasteiger partial charge in [-0.05, 0) is 32.0 Å². The first kappa shape index (κ1) is 20.3. The average molecular weight is 415 g/mol. The lowest BCUT2D eigenvalue weighted by Gasteiger charge is -2.20. The van der Waals surface area contributed by atoms with E-state index < -0.39 is 5.97 Å². The fourth-order valence-corrected chi connectivity index (χ4v) is 3.41. The molecule has 0 radical (unpaired) electrons. The lowest BCUT2D eigenvalue weighted by atomic mass is 10.1. The number of rotatable bonds is 6. The van der Waals surface area contributed by atoms with Gasteiger partial charge in [-0.15, -0.1) is 0 Å². The Morgan fingerprint density at radius 2 is 1.71 bits per heavy atom. The summed E-state index contributed by atoms with van der Waals surface area (Å²) in [6.45, 7) is 3.68. The van der Waals surface area contributed by atoms with Gasteiger partial charge in [0.2, 0.25) is 0 Å². The van der Waals surface area contributed by atoms with E-state index in [1.165, 1.54) is 0 Å². The third kappa shape index (κ3) is 4.16. The molecule has 0 unspecified atom stereocenters. The predicted octanol–water partition coefficient (Wildman–Crippen LogP) is 4.41. The Balaban J connectivity index is 1.60. The first-order chi connectivity index (χ1) is 15.1. The Bertz CT molecular complexity index is 1220. The second-order valence-electron chi connectivity index (χ2n) is 6.92. The van der Waals surface area contributed by atoms with Crippen molar-refractivity contribution in [3.63, 3.8) is 0 Å². The number of aromatic nitrogens is 2. The lowest BCUT2D eigenvalue weighted by molar-refractivity contribution is -0.121. The van der Waals surface area contributed by atoms with Crippen molar-refractivity contribution in [2.75, 3.05) is 18.1 Å². The molecular weight excluding hydrogens is 394 g/mol. The average Bonchev–Trinajstić information content (AvgIpc) is 3.19. The normalized spacial score (nSPS) is 10.8. The van der Waals surface area contributed by atoms with Crippen molar-refractivity contribution >= 4 is 28.7 Å². The molecule has 2 aromatic heterocycles. The number of fused-ring (bicyclic) bond motifs is 1. The highest BCUT2D eigenvalue weighted by atomic mass is 16.5. The zero-order valence-electron chi connectivity index (χ0n) is 17.2. The molecule has 31 heavy (non-hydrogen) atoms. The minimum atomic E-state index is -0.631. The van der Waals surface area contributed by atoms with Gasteiger partial charge in [-0.1, -0.05) is 53.7 Å². The van der Waals surface area contributed by atoms with Crippen LogP contribution < -0.4 is 4.90 Å². The van der Waals surface area contributed by atoms with E-state index in [2.05, 4.69) is 10.1 Å². The molecule has 4 rings (SSSR count). The third-order valence-electron chi connectivity index (χ3n) is 4.92. The highest BCUT2D eigenvalue weighted by Crippen LogP contribution is 2.27. The van der Waals surface area contributed by atoms with Gasteiger partial charge in [0, 0.05) is 17.8 Å².